The van der Waals surface area contributed by atoms with Crippen molar-refractivity contribution in [2.45, 2.75) is 6.54 Å². The third-order valence-corrected chi connectivity index (χ3v) is 4.35. The first-order valence-electron chi connectivity index (χ1n) is 9.00. The van der Waals surface area contributed by atoms with E-state index < -0.39 is 5.91 Å². The molecular formula is C20H20N8O. The number of carbonyl (C=O) groups is 1. The quantitative estimate of drug-likeness (QED) is 0.519. The summed E-state index contributed by atoms with van der Waals surface area (Å²) in [6.07, 6.45) is 1.54. The highest BCUT2D eigenvalue weighted by Gasteiger charge is 2.17. The number of anilines is 2. The molecular weight excluding hydrogens is 368 g/mol. The molecule has 0 saturated heterocycles. The SMILES string of the molecule is CN(C)c1nc(NCc2ccccc2)nc(-c2ncn3c(C(N)=O)cccc23)n1. The third kappa shape index (κ3) is 3.70. The van der Waals surface area contributed by atoms with Gasteiger partial charge in [-0.1, -0.05) is 36.4 Å². The summed E-state index contributed by atoms with van der Waals surface area (Å²) in [6, 6.07) is 15.2. The van der Waals surface area contributed by atoms with Crippen molar-refractivity contribution in [3.63, 3.8) is 0 Å². The Hall–Kier alpha value is -4.01. The maximum Gasteiger partial charge on any atom is 0.265 e. The predicted octanol–water partition coefficient (Wildman–Crippen LogP) is 1.96. The van der Waals surface area contributed by atoms with Gasteiger partial charge in [0.25, 0.3) is 5.91 Å². The van der Waals surface area contributed by atoms with E-state index in [4.69, 9.17) is 5.73 Å². The summed E-state index contributed by atoms with van der Waals surface area (Å²) in [5.74, 6) is 0.810. The standard InChI is InChI=1S/C20H20N8O/c1-27(2)20-25-18(24-19(26-20)22-11-13-7-4-3-5-8-13)16-14-9-6-10-15(17(21)29)28(14)12-23-16/h3-10,12H,11H2,1-2H3,(H2,21,29)(H,22,24,25,26). The summed E-state index contributed by atoms with van der Waals surface area (Å²) in [6.45, 7) is 0.576. The van der Waals surface area contributed by atoms with Gasteiger partial charge in [0.05, 0.1) is 5.52 Å². The average Bonchev–Trinajstić information content (AvgIpc) is 3.17. The Morgan fingerprint density at radius 2 is 1.86 bits per heavy atom. The molecule has 3 aromatic heterocycles. The number of nitrogens with zero attached hydrogens (tertiary/aromatic N) is 6. The van der Waals surface area contributed by atoms with E-state index >= 15 is 0 Å². The zero-order valence-electron chi connectivity index (χ0n) is 16.1. The molecule has 9 heteroatoms. The topological polar surface area (TPSA) is 114 Å². The molecule has 1 aromatic carbocycles. The molecule has 3 N–H and O–H groups in total. The Morgan fingerprint density at radius 3 is 2.59 bits per heavy atom. The number of nitrogens with two attached hydrogens (primary N) is 1. The number of primary amides is 1. The summed E-state index contributed by atoms with van der Waals surface area (Å²) in [4.78, 5) is 31.5. The van der Waals surface area contributed by atoms with Gasteiger partial charge < -0.3 is 16.0 Å². The molecule has 146 valence electrons. The van der Waals surface area contributed by atoms with Crippen LogP contribution in [0.15, 0.2) is 54.9 Å². The van der Waals surface area contributed by atoms with Crippen LogP contribution < -0.4 is 16.0 Å². The monoisotopic (exact) mass is 388 g/mol. The molecule has 9 nitrogen and oxygen atoms in total. The van der Waals surface area contributed by atoms with Crippen molar-refractivity contribution < 1.29 is 4.79 Å². The first kappa shape index (κ1) is 18.4. The van der Waals surface area contributed by atoms with Crippen molar-refractivity contribution >= 4 is 23.3 Å². The Morgan fingerprint density at radius 1 is 1.07 bits per heavy atom. The van der Waals surface area contributed by atoms with Crippen molar-refractivity contribution in [2.75, 3.05) is 24.3 Å². The smallest absolute Gasteiger partial charge is 0.265 e. The predicted molar refractivity (Wildman–Crippen MR) is 111 cm³/mol. The largest absolute Gasteiger partial charge is 0.364 e. The van der Waals surface area contributed by atoms with Crippen LogP contribution in [-0.4, -0.2) is 44.3 Å². The number of amides is 1. The molecule has 4 aromatic rings. The van der Waals surface area contributed by atoms with Crippen molar-refractivity contribution in [3.05, 3.63) is 66.1 Å². The molecule has 3 heterocycles. The van der Waals surface area contributed by atoms with Crippen LogP contribution in [-0.2, 0) is 6.54 Å². The van der Waals surface area contributed by atoms with E-state index in [1.54, 1.807) is 27.8 Å². The number of aromatic nitrogens is 5. The van der Waals surface area contributed by atoms with Gasteiger partial charge in [-0.05, 0) is 17.7 Å². The van der Waals surface area contributed by atoms with E-state index in [1.165, 1.54) is 0 Å². The number of hydrogen-bond acceptors (Lipinski definition) is 7. The summed E-state index contributed by atoms with van der Waals surface area (Å²) >= 11 is 0. The van der Waals surface area contributed by atoms with Crippen LogP contribution in [0.5, 0.6) is 0 Å². The van der Waals surface area contributed by atoms with Crippen molar-refractivity contribution in [3.8, 4) is 11.5 Å². The first-order chi connectivity index (χ1) is 14.0. The normalized spacial score (nSPS) is 10.8. The van der Waals surface area contributed by atoms with E-state index in [9.17, 15) is 4.79 Å². The van der Waals surface area contributed by atoms with Gasteiger partial charge in [-0.15, -0.1) is 0 Å². The molecule has 0 fully saturated rings. The van der Waals surface area contributed by atoms with Crippen LogP contribution in [0.3, 0.4) is 0 Å². The highest BCUT2D eigenvalue weighted by molar-refractivity contribution is 5.92. The highest BCUT2D eigenvalue weighted by Crippen LogP contribution is 2.23. The fraction of sp³-hybridized carbons (Fsp3) is 0.150. The van der Waals surface area contributed by atoms with Crippen LogP contribution in [0, 0.1) is 0 Å². The molecule has 29 heavy (non-hydrogen) atoms. The Labute approximate surface area is 167 Å². The summed E-state index contributed by atoms with van der Waals surface area (Å²) in [7, 11) is 3.72. The van der Waals surface area contributed by atoms with E-state index in [0.29, 0.717) is 41.2 Å². The molecule has 0 saturated carbocycles. The van der Waals surface area contributed by atoms with E-state index in [0.717, 1.165) is 5.56 Å². The van der Waals surface area contributed by atoms with Gasteiger partial charge in [-0.25, -0.2) is 4.98 Å². The van der Waals surface area contributed by atoms with Gasteiger partial charge in [0.1, 0.15) is 17.7 Å². The number of hydrogen-bond donors (Lipinski definition) is 2. The summed E-state index contributed by atoms with van der Waals surface area (Å²) < 4.78 is 1.63. The van der Waals surface area contributed by atoms with Crippen LogP contribution in [0.2, 0.25) is 0 Å². The summed E-state index contributed by atoms with van der Waals surface area (Å²) in [5.41, 5.74) is 8.14. The average molecular weight is 388 g/mol. The Balaban J connectivity index is 1.75. The molecule has 1 amide bonds. The third-order valence-electron chi connectivity index (χ3n) is 4.35. The van der Waals surface area contributed by atoms with Gasteiger partial charge in [0.15, 0.2) is 5.82 Å². The number of fused-ring (bicyclic) bond motifs is 1. The van der Waals surface area contributed by atoms with E-state index in [1.807, 2.05) is 50.5 Å². The molecule has 0 atom stereocenters. The van der Waals surface area contributed by atoms with Crippen LogP contribution in [0.4, 0.5) is 11.9 Å². The lowest BCUT2D eigenvalue weighted by Gasteiger charge is -2.13. The summed E-state index contributed by atoms with van der Waals surface area (Å²) in [5, 5.41) is 3.24. The number of carbonyl (C=O) groups excluding carboxylic acids is 1. The molecule has 0 radical (unpaired) electrons. The zero-order valence-corrected chi connectivity index (χ0v) is 16.1. The molecule has 0 aliphatic heterocycles. The zero-order chi connectivity index (χ0) is 20.4. The molecule has 4 rings (SSSR count). The minimum absolute atomic E-state index is 0.338. The first-order valence-corrected chi connectivity index (χ1v) is 9.00. The molecule has 0 aliphatic carbocycles. The fourth-order valence-corrected chi connectivity index (χ4v) is 2.92. The second-order valence-corrected chi connectivity index (χ2v) is 6.64. The van der Waals surface area contributed by atoms with Crippen LogP contribution >= 0.6 is 0 Å². The second-order valence-electron chi connectivity index (χ2n) is 6.64. The number of pyridine rings is 1. The van der Waals surface area contributed by atoms with Crippen molar-refractivity contribution in [1.29, 1.82) is 0 Å². The molecule has 0 bridgehead atoms. The van der Waals surface area contributed by atoms with E-state index in [-0.39, 0.29) is 0 Å². The van der Waals surface area contributed by atoms with Gasteiger partial charge >= 0.3 is 0 Å². The van der Waals surface area contributed by atoms with Gasteiger partial charge in [-0.3, -0.25) is 9.20 Å². The number of rotatable bonds is 6. The fourth-order valence-electron chi connectivity index (χ4n) is 2.92. The number of nitrogens with one attached hydrogen (secondary N) is 1. The van der Waals surface area contributed by atoms with Gasteiger partial charge in [-0.2, -0.15) is 15.0 Å². The van der Waals surface area contributed by atoms with Crippen LogP contribution in [0.25, 0.3) is 17.0 Å². The molecule has 0 unspecified atom stereocenters. The minimum atomic E-state index is -0.533. The lowest BCUT2D eigenvalue weighted by atomic mass is 10.2. The van der Waals surface area contributed by atoms with Gasteiger partial charge in [0, 0.05) is 20.6 Å². The molecule has 0 spiro atoms. The minimum Gasteiger partial charge on any atom is -0.364 e. The second kappa shape index (κ2) is 7.55. The number of imidazole rings is 1. The van der Waals surface area contributed by atoms with Gasteiger partial charge in [0.2, 0.25) is 11.9 Å². The van der Waals surface area contributed by atoms with Crippen molar-refractivity contribution in [2.24, 2.45) is 5.73 Å². The molecule has 0 aliphatic rings. The maximum absolute atomic E-state index is 11.7. The Bertz CT molecular complexity index is 1170. The van der Waals surface area contributed by atoms with Crippen molar-refractivity contribution in [1.82, 2.24) is 24.3 Å². The van der Waals surface area contributed by atoms with E-state index in [2.05, 4.69) is 25.3 Å². The number of benzene rings is 1. The highest BCUT2D eigenvalue weighted by atomic mass is 16.1. The van der Waals surface area contributed by atoms with Crippen LogP contribution in [0.1, 0.15) is 16.1 Å². The Kier molecular flexibility index (Phi) is 4.78. The lowest BCUT2D eigenvalue weighted by molar-refractivity contribution is 0.0994. The maximum atomic E-state index is 11.7. The lowest BCUT2D eigenvalue weighted by Crippen LogP contribution is -2.16.